The van der Waals surface area contributed by atoms with Gasteiger partial charge in [-0.15, -0.1) is 5.53 Å². The number of aromatic nitrogens is 1. The van der Waals surface area contributed by atoms with Crippen LogP contribution in [0.4, 0.5) is 5.82 Å². The van der Waals surface area contributed by atoms with E-state index in [2.05, 4.69) is 11.0 Å². The molecule has 1 atom stereocenters. The Labute approximate surface area is 184 Å². The molecule has 0 spiro atoms. The molecule has 1 unspecified atom stereocenters. The molecule has 1 aromatic heterocycles. The zero-order valence-corrected chi connectivity index (χ0v) is 18.2. The molecule has 2 aromatic rings. The number of allylic oxidation sites excluding steroid dienone is 1. The minimum atomic E-state index is -4.03. The van der Waals surface area contributed by atoms with E-state index in [0.717, 1.165) is 5.56 Å². The fourth-order valence-corrected chi connectivity index (χ4v) is 3.84. The van der Waals surface area contributed by atoms with Crippen molar-refractivity contribution in [2.45, 2.75) is 31.3 Å². The van der Waals surface area contributed by atoms with Crippen molar-refractivity contribution in [2.24, 2.45) is 0 Å². The van der Waals surface area contributed by atoms with E-state index in [1.54, 1.807) is 30.6 Å². The average molecular weight is 465 g/mol. The number of hydrogen-bond acceptors (Lipinski definition) is 10. The van der Waals surface area contributed by atoms with E-state index in [1.807, 2.05) is 6.92 Å². The van der Waals surface area contributed by atoms with Crippen LogP contribution >= 0.6 is 0 Å². The van der Waals surface area contributed by atoms with Crippen molar-refractivity contribution >= 4 is 21.9 Å². The fraction of sp³-hybridized carbons (Fsp3) is 0.316. The van der Waals surface area contributed by atoms with Gasteiger partial charge in [0.1, 0.15) is 19.2 Å². The SMILES string of the molecule is CC(=O)OCC(COS(=O)(=O)c1ccc(C)cc1)N1C=C(Cn2cccc2[N+](=O)[O-])NN1. The van der Waals surface area contributed by atoms with E-state index in [9.17, 15) is 23.3 Å². The molecule has 0 saturated heterocycles. The number of hydrazine groups is 2. The van der Waals surface area contributed by atoms with Crippen LogP contribution in [0.25, 0.3) is 0 Å². The molecule has 1 aliphatic rings. The quantitative estimate of drug-likeness (QED) is 0.227. The Morgan fingerprint density at radius 3 is 2.59 bits per heavy atom. The van der Waals surface area contributed by atoms with E-state index in [4.69, 9.17) is 8.92 Å². The van der Waals surface area contributed by atoms with Crippen LogP contribution in [-0.4, -0.2) is 48.1 Å². The lowest BCUT2D eigenvalue weighted by Crippen LogP contribution is -2.48. The highest BCUT2D eigenvalue weighted by Crippen LogP contribution is 2.17. The minimum absolute atomic E-state index is 0.0120. The zero-order chi connectivity index (χ0) is 23.3. The summed E-state index contributed by atoms with van der Waals surface area (Å²) < 4.78 is 36.7. The summed E-state index contributed by atoms with van der Waals surface area (Å²) >= 11 is 0. The van der Waals surface area contributed by atoms with Gasteiger partial charge in [0, 0.05) is 19.2 Å². The highest BCUT2D eigenvalue weighted by Gasteiger charge is 2.27. The third kappa shape index (κ3) is 5.84. The first-order chi connectivity index (χ1) is 15.2. The molecular formula is C19H23N5O7S. The number of aryl methyl sites for hydroxylation is 1. The molecule has 0 saturated carbocycles. The maximum atomic E-state index is 12.5. The molecule has 1 aromatic carbocycles. The Morgan fingerprint density at radius 1 is 1.22 bits per heavy atom. The van der Waals surface area contributed by atoms with Gasteiger partial charge in [0.25, 0.3) is 10.1 Å². The molecule has 3 rings (SSSR count). The molecule has 1 aliphatic heterocycles. The minimum Gasteiger partial charge on any atom is -0.464 e. The Morgan fingerprint density at radius 2 is 1.94 bits per heavy atom. The zero-order valence-electron chi connectivity index (χ0n) is 17.4. The molecule has 0 radical (unpaired) electrons. The normalized spacial score (nSPS) is 14.6. The molecule has 32 heavy (non-hydrogen) atoms. The second kappa shape index (κ2) is 9.80. The lowest BCUT2D eigenvalue weighted by Gasteiger charge is -2.26. The first-order valence-electron chi connectivity index (χ1n) is 9.55. The third-order valence-electron chi connectivity index (χ3n) is 4.57. The summed E-state index contributed by atoms with van der Waals surface area (Å²) in [4.78, 5) is 21.9. The number of carbonyl (C=O) groups excluding carboxylic acids is 1. The highest BCUT2D eigenvalue weighted by molar-refractivity contribution is 7.86. The summed E-state index contributed by atoms with van der Waals surface area (Å²) in [7, 11) is -4.03. The molecule has 0 amide bonds. The van der Waals surface area contributed by atoms with Crippen LogP contribution in [0.1, 0.15) is 12.5 Å². The summed E-state index contributed by atoms with van der Waals surface area (Å²) in [6, 6.07) is 8.46. The van der Waals surface area contributed by atoms with Crippen molar-refractivity contribution in [1.29, 1.82) is 0 Å². The molecule has 13 heteroatoms. The van der Waals surface area contributed by atoms with Crippen LogP contribution in [0.3, 0.4) is 0 Å². The number of nitro groups is 1. The van der Waals surface area contributed by atoms with Crippen molar-refractivity contribution in [2.75, 3.05) is 13.2 Å². The summed E-state index contributed by atoms with van der Waals surface area (Å²) in [6.07, 6.45) is 3.16. The first-order valence-corrected chi connectivity index (χ1v) is 11.0. The van der Waals surface area contributed by atoms with Crippen LogP contribution in [0, 0.1) is 17.0 Å². The Bertz CT molecular complexity index is 1110. The van der Waals surface area contributed by atoms with Gasteiger partial charge in [-0.1, -0.05) is 17.7 Å². The van der Waals surface area contributed by atoms with Gasteiger partial charge in [-0.3, -0.25) is 14.0 Å². The monoisotopic (exact) mass is 465 g/mol. The summed E-state index contributed by atoms with van der Waals surface area (Å²) in [5, 5.41) is 12.6. The molecule has 2 N–H and O–H groups in total. The van der Waals surface area contributed by atoms with E-state index >= 15 is 0 Å². The summed E-state index contributed by atoms with van der Waals surface area (Å²) in [5.74, 6) is -0.606. The van der Waals surface area contributed by atoms with Crippen molar-refractivity contribution < 1.29 is 27.1 Å². The van der Waals surface area contributed by atoms with E-state index in [-0.39, 0.29) is 30.5 Å². The number of benzene rings is 1. The van der Waals surface area contributed by atoms with Crippen molar-refractivity contribution in [3.8, 4) is 0 Å². The topological polar surface area (TPSA) is 145 Å². The number of hydrogen-bond donors (Lipinski definition) is 2. The second-order valence-electron chi connectivity index (χ2n) is 7.06. The van der Waals surface area contributed by atoms with Crippen molar-refractivity contribution in [3.05, 3.63) is 70.2 Å². The second-order valence-corrected chi connectivity index (χ2v) is 8.67. The number of carbonyl (C=O) groups is 1. The van der Waals surface area contributed by atoms with Gasteiger partial charge in [0.2, 0.25) is 0 Å². The predicted octanol–water partition coefficient (Wildman–Crippen LogP) is 1.21. The van der Waals surface area contributed by atoms with Crippen LogP contribution in [0.5, 0.6) is 0 Å². The number of nitrogens with zero attached hydrogens (tertiary/aromatic N) is 3. The van der Waals surface area contributed by atoms with Crippen molar-refractivity contribution in [1.82, 2.24) is 20.5 Å². The predicted molar refractivity (Wildman–Crippen MR) is 112 cm³/mol. The number of rotatable bonds is 10. The van der Waals surface area contributed by atoms with Gasteiger partial charge < -0.3 is 20.3 Å². The van der Waals surface area contributed by atoms with Crippen LogP contribution < -0.4 is 11.0 Å². The molecule has 0 aliphatic carbocycles. The van der Waals surface area contributed by atoms with E-state index in [1.165, 1.54) is 34.7 Å². The number of ether oxygens (including phenoxy) is 1. The van der Waals surface area contributed by atoms with Gasteiger partial charge in [0.05, 0.1) is 23.4 Å². The number of esters is 1. The molecule has 172 valence electrons. The lowest BCUT2D eigenvalue weighted by molar-refractivity contribution is -0.392. The standard InChI is InChI=1S/C19H23N5O7S/c1-14-5-7-18(8-6-14)32(28,29)31-13-17(12-30-15(2)25)23-11-16(20-21-23)10-22-9-3-4-19(22)24(26)27/h3-9,11,17,20-21H,10,12-13H2,1-2H3. The Kier molecular flexibility index (Phi) is 7.12. The average Bonchev–Trinajstić information content (AvgIpc) is 3.38. The van der Waals surface area contributed by atoms with Crippen LogP contribution in [0.2, 0.25) is 0 Å². The Hall–Kier alpha value is -3.42. The van der Waals surface area contributed by atoms with Gasteiger partial charge >= 0.3 is 11.8 Å². The maximum absolute atomic E-state index is 12.5. The smallest absolute Gasteiger partial charge is 0.323 e. The van der Waals surface area contributed by atoms with Gasteiger partial charge in [-0.2, -0.15) is 8.42 Å². The van der Waals surface area contributed by atoms with E-state index < -0.39 is 27.1 Å². The molecule has 0 fully saturated rings. The molecular weight excluding hydrogens is 442 g/mol. The fourth-order valence-electron chi connectivity index (χ4n) is 2.90. The van der Waals surface area contributed by atoms with Gasteiger partial charge in [-0.05, 0) is 30.0 Å². The van der Waals surface area contributed by atoms with Gasteiger partial charge in [0.15, 0.2) is 0 Å². The molecule has 12 nitrogen and oxygen atoms in total. The van der Waals surface area contributed by atoms with Crippen molar-refractivity contribution in [3.63, 3.8) is 0 Å². The lowest BCUT2D eigenvalue weighted by atomic mass is 10.2. The summed E-state index contributed by atoms with van der Waals surface area (Å²) in [6.45, 7) is 2.77. The van der Waals surface area contributed by atoms with Gasteiger partial charge in [-0.25, -0.2) is 4.57 Å². The van der Waals surface area contributed by atoms with Crippen LogP contribution in [0.15, 0.2) is 59.4 Å². The number of nitrogens with one attached hydrogen (secondary N) is 2. The largest absolute Gasteiger partial charge is 0.464 e. The molecule has 0 bridgehead atoms. The van der Waals surface area contributed by atoms with E-state index in [0.29, 0.717) is 5.70 Å². The van der Waals surface area contributed by atoms with Crippen LogP contribution in [-0.2, 0) is 30.4 Å². The molecule has 2 heterocycles. The Balaban J connectivity index is 1.71. The summed E-state index contributed by atoms with van der Waals surface area (Å²) in [5.41, 5.74) is 7.15. The first kappa shape index (κ1) is 23.2. The maximum Gasteiger partial charge on any atom is 0.323 e. The third-order valence-corrected chi connectivity index (χ3v) is 5.87. The highest BCUT2D eigenvalue weighted by atomic mass is 32.2.